The third-order valence-electron chi connectivity index (χ3n) is 4.31. The van der Waals surface area contributed by atoms with E-state index < -0.39 is 6.10 Å². The molecule has 0 saturated carbocycles. The van der Waals surface area contributed by atoms with Gasteiger partial charge in [0, 0.05) is 0 Å². The lowest BCUT2D eigenvalue weighted by Crippen LogP contribution is -2.38. The number of aryl methyl sites for hydroxylation is 4. The molecule has 0 radical (unpaired) electrons. The topological polar surface area (TPSA) is 47.6 Å². The number of hydrogen-bond donors (Lipinski definition) is 1. The molecule has 25 heavy (non-hydrogen) atoms. The van der Waals surface area contributed by atoms with Gasteiger partial charge in [0.25, 0.3) is 5.91 Å². The van der Waals surface area contributed by atoms with Crippen LogP contribution in [0, 0.1) is 27.7 Å². The Kier molecular flexibility index (Phi) is 6.45. The molecule has 1 N–H and O–H groups in total. The van der Waals surface area contributed by atoms with Crippen LogP contribution in [-0.2, 0) is 4.79 Å². The van der Waals surface area contributed by atoms with Crippen LogP contribution in [0.15, 0.2) is 36.4 Å². The molecule has 0 aliphatic carbocycles. The monoisotopic (exact) mass is 341 g/mol. The molecule has 4 nitrogen and oxygen atoms in total. The van der Waals surface area contributed by atoms with Gasteiger partial charge in [-0.15, -0.1) is 0 Å². The van der Waals surface area contributed by atoms with Crippen molar-refractivity contribution in [3.05, 3.63) is 58.7 Å². The van der Waals surface area contributed by atoms with Crippen LogP contribution >= 0.6 is 0 Å². The lowest BCUT2D eigenvalue weighted by Gasteiger charge is -2.16. The van der Waals surface area contributed by atoms with E-state index in [1.807, 2.05) is 50.2 Å². The van der Waals surface area contributed by atoms with Gasteiger partial charge in [0.05, 0.1) is 6.54 Å². The molecule has 0 fully saturated rings. The minimum absolute atomic E-state index is 0.151. The van der Waals surface area contributed by atoms with Gasteiger partial charge in [0.2, 0.25) is 0 Å². The summed E-state index contributed by atoms with van der Waals surface area (Å²) < 4.78 is 11.4. The highest BCUT2D eigenvalue weighted by Crippen LogP contribution is 2.18. The van der Waals surface area contributed by atoms with E-state index in [9.17, 15) is 4.79 Å². The zero-order chi connectivity index (χ0) is 18.4. The van der Waals surface area contributed by atoms with Crippen molar-refractivity contribution in [1.82, 2.24) is 5.32 Å². The van der Waals surface area contributed by atoms with E-state index in [0.717, 1.165) is 11.3 Å². The summed E-state index contributed by atoms with van der Waals surface area (Å²) in [7, 11) is 0. The standard InChI is InChI=1S/C21H27NO3/c1-14-6-8-19(12-16(14)3)24-11-10-22-21(23)18(5)25-20-9-7-15(2)17(4)13-20/h6-9,12-13,18H,10-11H2,1-5H3,(H,22,23)/t18-/m1/s1. The second kappa shape index (κ2) is 8.56. The fraction of sp³-hybridized carbons (Fsp3) is 0.381. The van der Waals surface area contributed by atoms with Crippen molar-refractivity contribution in [3.63, 3.8) is 0 Å². The van der Waals surface area contributed by atoms with E-state index in [2.05, 4.69) is 19.2 Å². The molecule has 2 aromatic carbocycles. The molecule has 0 heterocycles. The highest BCUT2D eigenvalue weighted by atomic mass is 16.5. The molecule has 0 saturated heterocycles. The molecule has 0 aliphatic heterocycles. The van der Waals surface area contributed by atoms with Gasteiger partial charge in [0.1, 0.15) is 18.1 Å². The molecule has 0 aromatic heterocycles. The molecule has 4 heteroatoms. The lowest BCUT2D eigenvalue weighted by atomic mass is 10.1. The summed E-state index contributed by atoms with van der Waals surface area (Å²) >= 11 is 0. The summed E-state index contributed by atoms with van der Waals surface area (Å²) in [5.74, 6) is 1.37. The smallest absolute Gasteiger partial charge is 0.260 e. The number of rotatable bonds is 7. The molecular formula is C21H27NO3. The fourth-order valence-corrected chi connectivity index (χ4v) is 2.34. The van der Waals surface area contributed by atoms with Crippen LogP contribution < -0.4 is 14.8 Å². The van der Waals surface area contributed by atoms with Crippen molar-refractivity contribution in [2.24, 2.45) is 0 Å². The number of benzene rings is 2. The highest BCUT2D eigenvalue weighted by Gasteiger charge is 2.14. The summed E-state index contributed by atoms with van der Waals surface area (Å²) in [4.78, 5) is 12.1. The van der Waals surface area contributed by atoms with Gasteiger partial charge in [-0.1, -0.05) is 12.1 Å². The number of hydrogen-bond acceptors (Lipinski definition) is 3. The van der Waals surface area contributed by atoms with Crippen molar-refractivity contribution in [2.45, 2.75) is 40.7 Å². The van der Waals surface area contributed by atoms with Crippen LogP contribution in [0.25, 0.3) is 0 Å². The minimum Gasteiger partial charge on any atom is -0.492 e. The summed E-state index contributed by atoms with van der Waals surface area (Å²) in [6.45, 7) is 10.8. The maximum atomic E-state index is 12.1. The van der Waals surface area contributed by atoms with Gasteiger partial charge >= 0.3 is 0 Å². The first kappa shape index (κ1) is 18.8. The largest absolute Gasteiger partial charge is 0.492 e. The lowest BCUT2D eigenvalue weighted by molar-refractivity contribution is -0.127. The highest BCUT2D eigenvalue weighted by molar-refractivity contribution is 5.80. The number of ether oxygens (including phenoxy) is 2. The van der Waals surface area contributed by atoms with Crippen LogP contribution in [0.1, 0.15) is 29.2 Å². The van der Waals surface area contributed by atoms with Gasteiger partial charge in [0.15, 0.2) is 6.10 Å². The molecule has 1 amide bonds. The Morgan fingerprint density at radius 1 is 0.920 bits per heavy atom. The first-order chi connectivity index (χ1) is 11.9. The second-order valence-corrected chi connectivity index (χ2v) is 6.39. The normalized spacial score (nSPS) is 11.7. The van der Waals surface area contributed by atoms with Crippen molar-refractivity contribution in [1.29, 1.82) is 0 Å². The van der Waals surface area contributed by atoms with Crippen molar-refractivity contribution in [3.8, 4) is 11.5 Å². The van der Waals surface area contributed by atoms with E-state index in [-0.39, 0.29) is 5.91 Å². The quantitative estimate of drug-likeness (QED) is 0.778. The summed E-state index contributed by atoms with van der Waals surface area (Å²) in [6, 6.07) is 11.8. The van der Waals surface area contributed by atoms with E-state index in [1.165, 1.54) is 16.7 Å². The zero-order valence-corrected chi connectivity index (χ0v) is 15.7. The molecule has 0 spiro atoms. The maximum Gasteiger partial charge on any atom is 0.260 e. The summed E-state index contributed by atoms with van der Waals surface area (Å²) in [6.07, 6.45) is -0.552. The summed E-state index contributed by atoms with van der Waals surface area (Å²) in [5, 5.41) is 2.84. The van der Waals surface area contributed by atoms with E-state index >= 15 is 0 Å². The average molecular weight is 341 g/mol. The van der Waals surface area contributed by atoms with Gasteiger partial charge in [-0.25, -0.2) is 0 Å². The van der Waals surface area contributed by atoms with Gasteiger partial charge in [-0.05, 0) is 81.1 Å². The van der Waals surface area contributed by atoms with Crippen LogP contribution in [-0.4, -0.2) is 25.2 Å². The molecule has 1 atom stereocenters. The predicted octanol–water partition coefficient (Wildman–Crippen LogP) is 3.88. The summed E-state index contributed by atoms with van der Waals surface area (Å²) in [5.41, 5.74) is 4.77. The van der Waals surface area contributed by atoms with Crippen molar-refractivity contribution >= 4 is 5.91 Å². The molecular weight excluding hydrogens is 314 g/mol. The number of amides is 1. The Hall–Kier alpha value is -2.49. The molecule has 0 unspecified atom stereocenters. The van der Waals surface area contributed by atoms with E-state index in [4.69, 9.17) is 9.47 Å². The molecule has 0 bridgehead atoms. The Morgan fingerprint density at radius 3 is 2.08 bits per heavy atom. The first-order valence-electron chi connectivity index (χ1n) is 8.58. The Morgan fingerprint density at radius 2 is 1.48 bits per heavy atom. The Balaban J connectivity index is 1.75. The third kappa shape index (κ3) is 5.52. The van der Waals surface area contributed by atoms with Crippen LogP contribution in [0.3, 0.4) is 0 Å². The van der Waals surface area contributed by atoms with Gasteiger partial charge < -0.3 is 14.8 Å². The fourth-order valence-electron chi connectivity index (χ4n) is 2.34. The predicted molar refractivity (Wildman–Crippen MR) is 100 cm³/mol. The number of nitrogens with one attached hydrogen (secondary N) is 1. The minimum atomic E-state index is -0.552. The number of carbonyl (C=O) groups is 1. The van der Waals surface area contributed by atoms with Crippen LogP contribution in [0.5, 0.6) is 11.5 Å². The first-order valence-corrected chi connectivity index (χ1v) is 8.58. The van der Waals surface area contributed by atoms with Crippen LogP contribution in [0.2, 0.25) is 0 Å². The van der Waals surface area contributed by atoms with Gasteiger partial charge in [-0.3, -0.25) is 4.79 Å². The van der Waals surface area contributed by atoms with Crippen molar-refractivity contribution in [2.75, 3.05) is 13.2 Å². The average Bonchev–Trinajstić information content (AvgIpc) is 2.58. The Labute approximate surface area is 150 Å². The second-order valence-electron chi connectivity index (χ2n) is 6.39. The Bertz CT molecular complexity index is 740. The molecule has 0 aliphatic rings. The van der Waals surface area contributed by atoms with Crippen LogP contribution in [0.4, 0.5) is 0 Å². The third-order valence-corrected chi connectivity index (χ3v) is 4.31. The van der Waals surface area contributed by atoms with E-state index in [1.54, 1.807) is 6.92 Å². The maximum absolute atomic E-state index is 12.1. The molecule has 134 valence electrons. The molecule has 2 rings (SSSR count). The van der Waals surface area contributed by atoms with Crippen molar-refractivity contribution < 1.29 is 14.3 Å². The van der Waals surface area contributed by atoms with E-state index in [0.29, 0.717) is 18.9 Å². The zero-order valence-electron chi connectivity index (χ0n) is 15.7. The molecule has 2 aromatic rings. The SMILES string of the molecule is Cc1ccc(OCCNC(=O)[C@@H](C)Oc2ccc(C)c(C)c2)cc1C. The van der Waals surface area contributed by atoms with Gasteiger partial charge in [-0.2, -0.15) is 0 Å². The number of carbonyl (C=O) groups excluding carboxylic acids is 1.